The molecule has 0 unspecified atom stereocenters. The molecule has 1 aromatic rings. The molecule has 0 atom stereocenters. The molecule has 0 aliphatic heterocycles. The van der Waals surface area contributed by atoms with Gasteiger partial charge < -0.3 is 10.6 Å². The Morgan fingerprint density at radius 3 is 2.32 bits per heavy atom. The summed E-state index contributed by atoms with van der Waals surface area (Å²) < 4.78 is 26.8. The Labute approximate surface area is 132 Å². The van der Waals surface area contributed by atoms with Crippen LogP contribution in [0, 0.1) is 0 Å². The predicted molar refractivity (Wildman–Crippen MR) is 85.4 cm³/mol. The molecule has 1 rings (SSSR count). The van der Waals surface area contributed by atoms with Crippen LogP contribution in [0.25, 0.3) is 5.57 Å². The van der Waals surface area contributed by atoms with Gasteiger partial charge in [0.1, 0.15) is 9.88 Å². The number of alkyl halides is 2. The Bertz CT molecular complexity index is 597. The van der Waals surface area contributed by atoms with E-state index in [9.17, 15) is 18.4 Å². The van der Waals surface area contributed by atoms with Crippen LogP contribution in [-0.4, -0.2) is 18.4 Å². The van der Waals surface area contributed by atoms with Gasteiger partial charge in [0.05, 0.1) is 5.56 Å². The van der Waals surface area contributed by atoms with Crippen molar-refractivity contribution < 1.29 is 18.4 Å². The van der Waals surface area contributed by atoms with E-state index in [1.807, 2.05) is 6.92 Å². The first-order valence-electron chi connectivity index (χ1n) is 6.90. The van der Waals surface area contributed by atoms with Crippen molar-refractivity contribution >= 4 is 33.7 Å². The summed E-state index contributed by atoms with van der Waals surface area (Å²) in [4.78, 5) is 24.6. The van der Waals surface area contributed by atoms with E-state index in [1.165, 1.54) is 11.8 Å². The summed E-state index contributed by atoms with van der Waals surface area (Å²) in [5.41, 5.74) is 5.31. The van der Waals surface area contributed by atoms with E-state index in [-0.39, 0.29) is 16.3 Å². The SMILES string of the molecule is C=C(C)c1c(N(CCCC)C(C)=O)sc(C(N)=O)c1C(F)F. The third kappa shape index (κ3) is 3.71. The van der Waals surface area contributed by atoms with Gasteiger partial charge in [-0.25, -0.2) is 8.78 Å². The van der Waals surface area contributed by atoms with Gasteiger partial charge >= 0.3 is 0 Å². The van der Waals surface area contributed by atoms with E-state index in [0.29, 0.717) is 17.1 Å². The molecule has 22 heavy (non-hydrogen) atoms. The number of carbonyl (C=O) groups is 2. The highest BCUT2D eigenvalue weighted by atomic mass is 32.1. The Morgan fingerprint density at radius 1 is 1.36 bits per heavy atom. The molecule has 0 fully saturated rings. The molecule has 0 aliphatic carbocycles. The van der Waals surface area contributed by atoms with Crippen LogP contribution in [0.1, 0.15) is 60.8 Å². The summed E-state index contributed by atoms with van der Waals surface area (Å²) >= 11 is 0.827. The van der Waals surface area contributed by atoms with E-state index in [0.717, 1.165) is 24.2 Å². The minimum atomic E-state index is -2.86. The minimum Gasteiger partial charge on any atom is -0.365 e. The average Bonchev–Trinajstić information content (AvgIpc) is 2.79. The van der Waals surface area contributed by atoms with Crippen LogP contribution < -0.4 is 10.6 Å². The van der Waals surface area contributed by atoms with E-state index in [2.05, 4.69) is 6.58 Å². The van der Waals surface area contributed by atoms with Crippen molar-refractivity contribution in [1.29, 1.82) is 0 Å². The molecule has 0 bridgehead atoms. The Morgan fingerprint density at radius 2 is 1.95 bits per heavy atom. The van der Waals surface area contributed by atoms with Gasteiger partial charge in [0.25, 0.3) is 12.3 Å². The number of nitrogens with zero attached hydrogens (tertiary/aromatic N) is 1. The van der Waals surface area contributed by atoms with Crippen molar-refractivity contribution in [2.75, 3.05) is 11.4 Å². The van der Waals surface area contributed by atoms with Gasteiger partial charge in [0.15, 0.2) is 0 Å². The van der Waals surface area contributed by atoms with Crippen LogP contribution in [0.15, 0.2) is 6.58 Å². The van der Waals surface area contributed by atoms with E-state index < -0.39 is 17.9 Å². The predicted octanol–water partition coefficient (Wildman–Crippen LogP) is 3.97. The first kappa shape index (κ1) is 18.3. The molecule has 0 saturated heterocycles. The van der Waals surface area contributed by atoms with Crippen molar-refractivity contribution in [2.45, 2.75) is 40.0 Å². The molecule has 1 aromatic heterocycles. The summed E-state index contributed by atoms with van der Waals surface area (Å²) in [6.45, 7) is 9.00. The summed E-state index contributed by atoms with van der Waals surface area (Å²) in [6, 6.07) is 0. The highest BCUT2D eigenvalue weighted by molar-refractivity contribution is 7.18. The molecule has 0 spiro atoms. The van der Waals surface area contributed by atoms with Crippen LogP contribution in [0.4, 0.5) is 13.8 Å². The number of carbonyl (C=O) groups excluding carboxylic acids is 2. The monoisotopic (exact) mass is 330 g/mol. The molecule has 7 heteroatoms. The number of amides is 2. The van der Waals surface area contributed by atoms with E-state index in [1.54, 1.807) is 6.92 Å². The van der Waals surface area contributed by atoms with Crippen LogP contribution >= 0.6 is 11.3 Å². The van der Waals surface area contributed by atoms with Gasteiger partial charge in [-0.1, -0.05) is 19.9 Å². The molecule has 0 aliphatic rings. The molecule has 122 valence electrons. The van der Waals surface area contributed by atoms with Crippen LogP contribution in [0.5, 0.6) is 0 Å². The van der Waals surface area contributed by atoms with Crippen molar-refractivity contribution in [1.82, 2.24) is 0 Å². The smallest absolute Gasteiger partial charge is 0.266 e. The second kappa shape index (κ2) is 7.49. The third-order valence-electron chi connectivity index (χ3n) is 3.16. The van der Waals surface area contributed by atoms with Crippen molar-refractivity contribution in [3.63, 3.8) is 0 Å². The number of nitrogens with two attached hydrogens (primary N) is 1. The van der Waals surface area contributed by atoms with Crippen LogP contribution in [-0.2, 0) is 4.79 Å². The number of unbranched alkanes of at least 4 members (excludes halogenated alkanes) is 1. The highest BCUT2D eigenvalue weighted by Gasteiger charge is 2.30. The summed E-state index contributed by atoms with van der Waals surface area (Å²) in [6.07, 6.45) is -1.29. The standard InChI is InChI=1S/C15H20F2N2O2S/c1-5-6-7-19(9(4)20)15-10(8(2)3)11(13(16)17)12(22-15)14(18)21/h13H,2,5-7H2,1,3-4H3,(H2,18,21). The summed E-state index contributed by atoms with van der Waals surface area (Å²) in [5, 5.41) is 0.317. The van der Waals surface area contributed by atoms with Gasteiger partial charge in [-0.05, 0) is 18.9 Å². The number of primary amides is 1. The first-order chi connectivity index (χ1) is 10.2. The van der Waals surface area contributed by atoms with Crippen LogP contribution in [0.3, 0.4) is 0 Å². The quantitative estimate of drug-likeness (QED) is 0.822. The fourth-order valence-electron chi connectivity index (χ4n) is 2.14. The van der Waals surface area contributed by atoms with Crippen molar-refractivity contribution in [3.8, 4) is 0 Å². The number of thiophene rings is 1. The van der Waals surface area contributed by atoms with Gasteiger partial charge in [-0.2, -0.15) is 0 Å². The number of anilines is 1. The lowest BCUT2D eigenvalue weighted by molar-refractivity contribution is -0.116. The highest BCUT2D eigenvalue weighted by Crippen LogP contribution is 2.44. The summed E-state index contributed by atoms with van der Waals surface area (Å²) in [5.74, 6) is -1.19. The van der Waals surface area contributed by atoms with Crippen LogP contribution in [0.2, 0.25) is 0 Å². The number of allylic oxidation sites excluding steroid dienone is 1. The zero-order valence-electron chi connectivity index (χ0n) is 12.9. The van der Waals surface area contributed by atoms with Gasteiger partial charge in [0, 0.05) is 19.0 Å². The molecule has 0 aromatic carbocycles. The Kier molecular flexibility index (Phi) is 6.22. The van der Waals surface area contributed by atoms with E-state index in [4.69, 9.17) is 5.73 Å². The zero-order chi connectivity index (χ0) is 17.0. The number of hydrogen-bond donors (Lipinski definition) is 1. The van der Waals surface area contributed by atoms with Crippen molar-refractivity contribution in [2.24, 2.45) is 5.73 Å². The molecule has 2 N–H and O–H groups in total. The van der Waals surface area contributed by atoms with Crippen molar-refractivity contribution in [3.05, 3.63) is 22.6 Å². The van der Waals surface area contributed by atoms with Gasteiger partial charge in [-0.15, -0.1) is 11.3 Å². The topological polar surface area (TPSA) is 63.4 Å². The Balaban J connectivity index is 3.57. The largest absolute Gasteiger partial charge is 0.365 e. The lowest BCUT2D eigenvalue weighted by Crippen LogP contribution is -2.29. The Hall–Kier alpha value is -1.76. The molecule has 0 radical (unpaired) electrons. The fraction of sp³-hybridized carbons (Fsp3) is 0.467. The lowest BCUT2D eigenvalue weighted by Gasteiger charge is -2.21. The average molecular weight is 330 g/mol. The van der Waals surface area contributed by atoms with Gasteiger partial charge in [0.2, 0.25) is 5.91 Å². The maximum atomic E-state index is 13.4. The summed E-state index contributed by atoms with van der Waals surface area (Å²) in [7, 11) is 0. The second-order valence-corrected chi connectivity index (χ2v) is 5.99. The lowest BCUT2D eigenvalue weighted by atomic mass is 10.0. The maximum absolute atomic E-state index is 13.4. The molecule has 2 amide bonds. The zero-order valence-corrected chi connectivity index (χ0v) is 13.7. The number of hydrogen-bond acceptors (Lipinski definition) is 3. The fourth-order valence-corrected chi connectivity index (χ4v) is 3.45. The normalized spacial score (nSPS) is 10.8. The number of halogens is 2. The second-order valence-electron chi connectivity index (χ2n) is 4.99. The molecule has 4 nitrogen and oxygen atoms in total. The van der Waals surface area contributed by atoms with E-state index >= 15 is 0 Å². The molecular formula is C15H20F2N2O2S. The third-order valence-corrected chi connectivity index (χ3v) is 4.40. The molecule has 1 heterocycles. The van der Waals surface area contributed by atoms with Gasteiger partial charge in [-0.3, -0.25) is 9.59 Å². The minimum absolute atomic E-state index is 0.153. The number of rotatable bonds is 7. The first-order valence-corrected chi connectivity index (χ1v) is 7.72. The molecule has 0 saturated carbocycles. The molecular weight excluding hydrogens is 310 g/mol. The maximum Gasteiger partial charge on any atom is 0.266 e.